The third-order valence-electron chi connectivity index (χ3n) is 2.37. The number of carbonyl (C=O) groups is 1. The summed E-state index contributed by atoms with van der Waals surface area (Å²) in [4.78, 5) is 12.0. The molecule has 0 aliphatic carbocycles. The SMILES string of the molecule is CC(C)(CCBr)NC(=O)c1cc(Br)ccc1O. The molecule has 0 heterocycles. The summed E-state index contributed by atoms with van der Waals surface area (Å²) in [6, 6.07) is 4.79. The molecule has 0 spiro atoms. The molecule has 0 aliphatic rings. The fourth-order valence-electron chi connectivity index (χ4n) is 1.36. The van der Waals surface area contributed by atoms with Crippen LogP contribution in [0.15, 0.2) is 22.7 Å². The van der Waals surface area contributed by atoms with Gasteiger partial charge in [0.15, 0.2) is 0 Å². The van der Waals surface area contributed by atoms with Crippen molar-refractivity contribution in [3.63, 3.8) is 0 Å². The highest BCUT2D eigenvalue weighted by molar-refractivity contribution is 9.10. The van der Waals surface area contributed by atoms with Gasteiger partial charge in [0.05, 0.1) is 5.56 Å². The van der Waals surface area contributed by atoms with Crippen LogP contribution in [0.2, 0.25) is 0 Å². The highest BCUT2D eigenvalue weighted by Crippen LogP contribution is 2.22. The molecule has 0 atom stereocenters. The normalized spacial score (nSPS) is 11.3. The van der Waals surface area contributed by atoms with Crippen molar-refractivity contribution in [3.8, 4) is 5.75 Å². The number of nitrogens with one attached hydrogen (secondary N) is 1. The topological polar surface area (TPSA) is 49.3 Å². The van der Waals surface area contributed by atoms with Crippen LogP contribution >= 0.6 is 31.9 Å². The van der Waals surface area contributed by atoms with Crippen molar-refractivity contribution in [2.75, 3.05) is 5.33 Å². The first-order valence-corrected chi connectivity index (χ1v) is 7.14. The predicted molar refractivity (Wildman–Crippen MR) is 75.8 cm³/mol. The number of amides is 1. The molecule has 1 aromatic carbocycles. The lowest BCUT2D eigenvalue weighted by Gasteiger charge is -2.25. The smallest absolute Gasteiger partial charge is 0.255 e. The molecule has 1 rings (SSSR count). The van der Waals surface area contributed by atoms with Crippen LogP contribution in [0.5, 0.6) is 5.75 Å². The largest absolute Gasteiger partial charge is 0.507 e. The van der Waals surface area contributed by atoms with Crippen molar-refractivity contribution in [3.05, 3.63) is 28.2 Å². The van der Waals surface area contributed by atoms with Gasteiger partial charge in [-0.3, -0.25) is 4.79 Å². The van der Waals surface area contributed by atoms with Crippen LogP contribution in [0.1, 0.15) is 30.6 Å². The van der Waals surface area contributed by atoms with Crippen molar-refractivity contribution in [2.24, 2.45) is 0 Å². The van der Waals surface area contributed by atoms with Gasteiger partial charge in [0.25, 0.3) is 5.91 Å². The standard InChI is InChI=1S/C12H15Br2NO2/c1-12(2,5-6-13)15-11(17)9-7-8(14)3-4-10(9)16/h3-4,7,16H,5-6H2,1-2H3,(H,15,17). The molecular formula is C12H15Br2NO2. The average molecular weight is 365 g/mol. The fourth-order valence-corrected chi connectivity index (χ4v) is 2.72. The molecule has 2 N–H and O–H groups in total. The van der Waals surface area contributed by atoms with E-state index in [1.807, 2.05) is 13.8 Å². The minimum absolute atomic E-state index is 0.0136. The lowest BCUT2D eigenvalue weighted by Crippen LogP contribution is -2.43. The number of benzene rings is 1. The van der Waals surface area contributed by atoms with E-state index in [0.29, 0.717) is 0 Å². The van der Waals surface area contributed by atoms with E-state index >= 15 is 0 Å². The number of aromatic hydroxyl groups is 1. The first-order chi connectivity index (χ1) is 7.85. The van der Waals surface area contributed by atoms with Gasteiger partial charge < -0.3 is 10.4 Å². The van der Waals surface area contributed by atoms with Gasteiger partial charge >= 0.3 is 0 Å². The lowest BCUT2D eigenvalue weighted by molar-refractivity contribution is 0.0909. The van der Waals surface area contributed by atoms with Gasteiger partial charge in [0.2, 0.25) is 0 Å². The van der Waals surface area contributed by atoms with Gasteiger partial charge in [-0.2, -0.15) is 0 Å². The van der Waals surface area contributed by atoms with Crippen LogP contribution in [0.25, 0.3) is 0 Å². The minimum Gasteiger partial charge on any atom is -0.507 e. The molecule has 1 amide bonds. The van der Waals surface area contributed by atoms with E-state index in [2.05, 4.69) is 37.2 Å². The van der Waals surface area contributed by atoms with E-state index in [4.69, 9.17) is 0 Å². The summed E-state index contributed by atoms with van der Waals surface area (Å²) in [5, 5.41) is 13.3. The van der Waals surface area contributed by atoms with E-state index in [0.717, 1.165) is 16.2 Å². The molecule has 1 aromatic rings. The van der Waals surface area contributed by atoms with Crippen molar-refractivity contribution < 1.29 is 9.90 Å². The molecule has 0 aromatic heterocycles. The Morgan fingerprint density at radius 1 is 1.47 bits per heavy atom. The van der Waals surface area contributed by atoms with Crippen LogP contribution < -0.4 is 5.32 Å². The van der Waals surface area contributed by atoms with Gasteiger partial charge in [-0.15, -0.1) is 0 Å². The molecule has 0 radical (unpaired) electrons. The van der Waals surface area contributed by atoms with E-state index in [1.165, 1.54) is 6.07 Å². The molecule has 5 heteroatoms. The Hall–Kier alpha value is -0.550. The van der Waals surface area contributed by atoms with Gasteiger partial charge in [-0.25, -0.2) is 0 Å². The second-order valence-corrected chi connectivity index (χ2v) is 6.15. The molecule has 0 unspecified atom stereocenters. The number of carbonyl (C=O) groups excluding carboxylic acids is 1. The maximum Gasteiger partial charge on any atom is 0.255 e. The summed E-state index contributed by atoms with van der Waals surface area (Å²) < 4.78 is 0.763. The number of rotatable bonds is 4. The summed E-state index contributed by atoms with van der Waals surface area (Å²) in [6.07, 6.45) is 0.813. The monoisotopic (exact) mass is 363 g/mol. The maximum atomic E-state index is 12.0. The van der Waals surface area contributed by atoms with E-state index < -0.39 is 0 Å². The molecule has 0 saturated heterocycles. The quantitative estimate of drug-likeness (QED) is 0.804. The highest BCUT2D eigenvalue weighted by Gasteiger charge is 2.22. The van der Waals surface area contributed by atoms with Crippen molar-refractivity contribution >= 4 is 37.8 Å². The molecule has 0 aliphatic heterocycles. The Bertz CT molecular complexity index is 419. The predicted octanol–water partition coefficient (Wildman–Crippen LogP) is 3.45. The summed E-state index contributed by atoms with van der Waals surface area (Å²) in [6.45, 7) is 3.89. The Balaban J connectivity index is 2.86. The Labute approximate surface area is 118 Å². The zero-order valence-corrected chi connectivity index (χ0v) is 12.9. The molecule has 17 heavy (non-hydrogen) atoms. The molecule has 0 bridgehead atoms. The molecule has 3 nitrogen and oxygen atoms in total. The summed E-state index contributed by atoms with van der Waals surface area (Å²) >= 11 is 6.63. The number of halogens is 2. The number of hydrogen-bond acceptors (Lipinski definition) is 2. The van der Waals surface area contributed by atoms with Crippen LogP contribution in [0, 0.1) is 0 Å². The first kappa shape index (κ1) is 14.5. The molecule has 94 valence electrons. The summed E-state index contributed by atoms with van der Waals surface area (Å²) in [5.41, 5.74) is -0.0305. The van der Waals surface area contributed by atoms with Crippen LogP contribution in [0.3, 0.4) is 0 Å². The van der Waals surface area contributed by atoms with E-state index in [1.54, 1.807) is 12.1 Å². The number of phenolic OH excluding ortho intramolecular Hbond substituents is 1. The summed E-state index contributed by atoms with van der Waals surface area (Å²) in [7, 11) is 0. The molecule has 0 fully saturated rings. The maximum absolute atomic E-state index is 12.0. The first-order valence-electron chi connectivity index (χ1n) is 5.23. The van der Waals surface area contributed by atoms with E-state index in [9.17, 15) is 9.90 Å². The Kier molecular flexibility index (Phi) is 5.01. The second kappa shape index (κ2) is 5.87. The number of phenols is 1. The van der Waals surface area contributed by atoms with Gasteiger partial charge in [0.1, 0.15) is 5.75 Å². The zero-order valence-electron chi connectivity index (χ0n) is 9.76. The second-order valence-electron chi connectivity index (χ2n) is 4.44. The van der Waals surface area contributed by atoms with Crippen molar-refractivity contribution in [2.45, 2.75) is 25.8 Å². The Morgan fingerprint density at radius 2 is 2.12 bits per heavy atom. The highest BCUT2D eigenvalue weighted by atomic mass is 79.9. The number of alkyl halides is 1. The van der Waals surface area contributed by atoms with Crippen LogP contribution in [-0.4, -0.2) is 21.9 Å². The average Bonchev–Trinajstić information content (AvgIpc) is 2.20. The Morgan fingerprint density at radius 3 is 2.71 bits per heavy atom. The third-order valence-corrected chi connectivity index (χ3v) is 3.26. The van der Waals surface area contributed by atoms with Gasteiger partial charge in [-0.05, 0) is 38.5 Å². The van der Waals surface area contributed by atoms with Crippen molar-refractivity contribution in [1.82, 2.24) is 5.32 Å². The van der Waals surface area contributed by atoms with Gasteiger partial charge in [-0.1, -0.05) is 31.9 Å². The molecule has 0 saturated carbocycles. The van der Waals surface area contributed by atoms with Crippen molar-refractivity contribution in [1.29, 1.82) is 0 Å². The molecular weight excluding hydrogens is 350 g/mol. The van der Waals surface area contributed by atoms with Gasteiger partial charge in [0, 0.05) is 15.3 Å². The lowest BCUT2D eigenvalue weighted by atomic mass is 10.0. The van der Waals surface area contributed by atoms with E-state index in [-0.39, 0.29) is 22.8 Å². The van der Waals surface area contributed by atoms with Crippen LogP contribution in [-0.2, 0) is 0 Å². The van der Waals surface area contributed by atoms with Crippen LogP contribution in [0.4, 0.5) is 0 Å². The zero-order chi connectivity index (χ0) is 13.1. The summed E-state index contributed by atoms with van der Waals surface area (Å²) in [5.74, 6) is -0.282. The fraction of sp³-hybridized carbons (Fsp3) is 0.417. The number of hydrogen-bond donors (Lipinski definition) is 2. The minimum atomic E-state index is -0.310. The third kappa shape index (κ3) is 4.32.